The fraction of sp³-hybridized carbons (Fsp3) is 0.188. The van der Waals surface area contributed by atoms with Gasteiger partial charge in [0, 0.05) is 16.3 Å². The van der Waals surface area contributed by atoms with Crippen LogP contribution in [-0.2, 0) is 26.9 Å². The van der Waals surface area contributed by atoms with Crippen molar-refractivity contribution in [2.45, 2.75) is 12.4 Å². The highest BCUT2D eigenvalue weighted by molar-refractivity contribution is 9.10. The highest BCUT2D eigenvalue weighted by Crippen LogP contribution is 2.17. The predicted molar refractivity (Wildman–Crippen MR) is 88.2 cm³/mol. The van der Waals surface area contributed by atoms with Crippen molar-refractivity contribution in [2.24, 2.45) is 0 Å². The van der Waals surface area contributed by atoms with Crippen molar-refractivity contribution in [3.63, 3.8) is 0 Å². The minimum absolute atomic E-state index is 0.157. The fourth-order valence-electron chi connectivity index (χ4n) is 1.96. The molecule has 0 saturated heterocycles. The number of halogens is 2. The quantitative estimate of drug-likeness (QED) is 0.720. The molecule has 2 rings (SSSR count). The Bertz CT molecular complexity index is 834. The smallest absolute Gasteiger partial charge is 0.338 e. The van der Waals surface area contributed by atoms with Gasteiger partial charge in [-0.1, -0.05) is 34.1 Å². The molecule has 0 spiro atoms. The lowest BCUT2D eigenvalue weighted by Gasteiger charge is -2.07. The normalized spacial score (nSPS) is 11.3. The van der Waals surface area contributed by atoms with Gasteiger partial charge >= 0.3 is 5.97 Å². The Morgan fingerprint density at radius 1 is 1.22 bits per heavy atom. The molecule has 0 aliphatic carbocycles. The Morgan fingerprint density at radius 2 is 1.96 bits per heavy atom. The lowest BCUT2D eigenvalue weighted by atomic mass is 10.1. The molecule has 0 amide bonds. The van der Waals surface area contributed by atoms with E-state index in [0.717, 1.165) is 6.26 Å². The van der Waals surface area contributed by atoms with Crippen molar-refractivity contribution in [2.75, 3.05) is 6.26 Å². The van der Waals surface area contributed by atoms with E-state index in [1.807, 2.05) is 0 Å². The summed E-state index contributed by atoms with van der Waals surface area (Å²) in [5, 5.41) is 0. The van der Waals surface area contributed by atoms with Crippen LogP contribution in [0.25, 0.3) is 0 Å². The Morgan fingerprint density at radius 3 is 2.61 bits per heavy atom. The summed E-state index contributed by atoms with van der Waals surface area (Å²) in [6.07, 6.45) is 1.12. The molecule has 0 N–H and O–H groups in total. The summed E-state index contributed by atoms with van der Waals surface area (Å²) in [4.78, 5) is 12.0. The van der Waals surface area contributed by atoms with Crippen LogP contribution >= 0.6 is 15.9 Å². The molecule has 122 valence electrons. The van der Waals surface area contributed by atoms with Gasteiger partial charge in [0.25, 0.3) is 0 Å². The second kappa shape index (κ2) is 7.23. The summed E-state index contributed by atoms with van der Waals surface area (Å²) >= 11 is 3.15. The van der Waals surface area contributed by atoms with E-state index in [-0.39, 0.29) is 23.5 Å². The van der Waals surface area contributed by atoms with Crippen LogP contribution in [-0.4, -0.2) is 20.6 Å². The van der Waals surface area contributed by atoms with Crippen molar-refractivity contribution in [3.8, 4) is 0 Å². The number of sulfone groups is 1. The summed E-state index contributed by atoms with van der Waals surface area (Å²) in [7, 11) is -3.19. The van der Waals surface area contributed by atoms with E-state index in [0.29, 0.717) is 10.0 Å². The zero-order valence-corrected chi connectivity index (χ0v) is 14.7. The zero-order chi connectivity index (χ0) is 17.0. The maximum atomic E-state index is 13.7. The first-order chi connectivity index (χ1) is 10.7. The van der Waals surface area contributed by atoms with Crippen molar-refractivity contribution in [3.05, 3.63) is 69.4 Å². The van der Waals surface area contributed by atoms with Crippen molar-refractivity contribution in [1.82, 2.24) is 0 Å². The number of hydrogen-bond donors (Lipinski definition) is 0. The molecule has 0 aliphatic rings. The Balaban J connectivity index is 2.07. The minimum Gasteiger partial charge on any atom is -0.457 e. The number of carbonyl (C=O) groups is 1. The van der Waals surface area contributed by atoms with Gasteiger partial charge in [-0.05, 0) is 29.8 Å². The Labute approximate surface area is 142 Å². The van der Waals surface area contributed by atoms with Gasteiger partial charge in [0.1, 0.15) is 12.4 Å². The van der Waals surface area contributed by atoms with Crippen LogP contribution in [0.5, 0.6) is 0 Å². The maximum absolute atomic E-state index is 13.7. The van der Waals surface area contributed by atoms with E-state index in [9.17, 15) is 17.6 Å². The number of benzene rings is 2. The van der Waals surface area contributed by atoms with Crippen LogP contribution in [0.15, 0.2) is 46.9 Å². The third-order valence-corrected chi connectivity index (χ3v) is 4.32. The molecule has 0 radical (unpaired) electrons. The average Bonchev–Trinajstić information content (AvgIpc) is 2.44. The second-order valence-electron chi connectivity index (χ2n) is 5.08. The highest BCUT2D eigenvalue weighted by atomic mass is 79.9. The molecule has 0 fully saturated rings. The number of esters is 1. The molecule has 0 unspecified atom stereocenters. The fourth-order valence-corrected chi connectivity index (χ4v) is 3.07. The molecule has 0 aliphatic heterocycles. The SMILES string of the molecule is CS(=O)(=O)Cc1cccc(C(=O)OCc2ccc(Br)cc2F)c1. The van der Waals surface area contributed by atoms with Crippen LogP contribution in [0, 0.1) is 5.82 Å². The summed E-state index contributed by atoms with van der Waals surface area (Å²) in [6.45, 7) is -0.200. The van der Waals surface area contributed by atoms with Crippen molar-refractivity contribution < 1.29 is 22.3 Å². The second-order valence-corrected chi connectivity index (χ2v) is 8.14. The van der Waals surface area contributed by atoms with E-state index >= 15 is 0 Å². The summed E-state index contributed by atoms with van der Waals surface area (Å²) in [5.41, 5.74) is 0.981. The summed E-state index contributed by atoms with van der Waals surface area (Å²) in [5.74, 6) is -1.27. The summed E-state index contributed by atoms with van der Waals surface area (Å²) < 4.78 is 41.9. The molecule has 2 aromatic rings. The van der Waals surface area contributed by atoms with Gasteiger partial charge in [-0.2, -0.15) is 0 Å². The molecule has 23 heavy (non-hydrogen) atoms. The van der Waals surface area contributed by atoms with Crippen molar-refractivity contribution >= 4 is 31.7 Å². The van der Waals surface area contributed by atoms with Crippen LogP contribution in [0.4, 0.5) is 4.39 Å². The van der Waals surface area contributed by atoms with Gasteiger partial charge in [-0.3, -0.25) is 0 Å². The molecule has 0 atom stereocenters. The molecule has 0 saturated carbocycles. The van der Waals surface area contributed by atoms with E-state index < -0.39 is 21.6 Å². The average molecular weight is 401 g/mol. The Hall–Kier alpha value is -1.73. The largest absolute Gasteiger partial charge is 0.457 e. The van der Waals surface area contributed by atoms with E-state index in [4.69, 9.17) is 4.74 Å². The molecular weight excluding hydrogens is 387 g/mol. The molecule has 7 heteroatoms. The van der Waals surface area contributed by atoms with Crippen molar-refractivity contribution in [1.29, 1.82) is 0 Å². The summed E-state index contributed by atoms with van der Waals surface area (Å²) in [6, 6.07) is 10.6. The van der Waals surface area contributed by atoms with Crippen LogP contribution in [0.1, 0.15) is 21.5 Å². The van der Waals surface area contributed by atoms with Gasteiger partial charge in [0.15, 0.2) is 9.84 Å². The number of carbonyl (C=O) groups excluding carboxylic acids is 1. The van der Waals surface area contributed by atoms with Gasteiger partial charge in [0.2, 0.25) is 0 Å². The molecule has 0 bridgehead atoms. The zero-order valence-electron chi connectivity index (χ0n) is 12.3. The van der Waals surface area contributed by atoms with Gasteiger partial charge in [-0.25, -0.2) is 17.6 Å². The van der Waals surface area contributed by atoms with Crippen LogP contribution in [0.2, 0.25) is 0 Å². The van der Waals surface area contributed by atoms with Crippen LogP contribution < -0.4 is 0 Å². The molecular formula is C16H14BrFO4S. The predicted octanol–water partition coefficient (Wildman–Crippen LogP) is 3.49. The maximum Gasteiger partial charge on any atom is 0.338 e. The van der Waals surface area contributed by atoms with Gasteiger partial charge in [-0.15, -0.1) is 0 Å². The third-order valence-electron chi connectivity index (χ3n) is 2.97. The first kappa shape index (κ1) is 17.6. The minimum atomic E-state index is -3.19. The third kappa shape index (κ3) is 5.44. The topological polar surface area (TPSA) is 60.4 Å². The first-order valence-electron chi connectivity index (χ1n) is 6.62. The Kier molecular flexibility index (Phi) is 5.54. The van der Waals surface area contributed by atoms with E-state index in [2.05, 4.69) is 15.9 Å². The van der Waals surface area contributed by atoms with Gasteiger partial charge in [0.05, 0.1) is 11.3 Å². The molecule has 4 nitrogen and oxygen atoms in total. The van der Waals surface area contributed by atoms with Gasteiger partial charge < -0.3 is 4.74 Å². The first-order valence-corrected chi connectivity index (χ1v) is 9.48. The molecule has 0 aromatic heterocycles. The lowest BCUT2D eigenvalue weighted by Crippen LogP contribution is -2.08. The number of ether oxygens (including phenoxy) is 1. The van der Waals surface area contributed by atoms with E-state index in [1.54, 1.807) is 18.2 Å². The molecule has 0 heterocycles. The van der Waals surface area contributed by atoms with E-state index in [1.165, 1.54) is 24.3 Å². The monoisotopic (exact) mass is 400 g/mol. The highest BCUT2D eigenvalue weighted by Gasteiger charge is 2.12. The molecule has 2 aromatic carbocycles. The number of hydrogen-bond acceptors (Lipinski definition) is 4. The van der Waals surface area contributed by atoms with Crippen LogP contribution in [0.3, 0.4) is 0 Å². The number of rotatable bonds is 5. The lowest BCUT2D eigenvalue weighted by molar-refractivity contribution is 0.0469. The standard InChI is InChI=1S/C16H14BrFO4S/c1-23(20,21)10-11-3-2-4-12(7-11)16(19)22-9-13-5-6-14(17)8-15(13)18/h2-8H,9-10H2,1H3.